The summed E-state index contributed by atoms with van der Waals surface area (Å²) in [5.41, 5.74) is 3.47. The van der Waals surface area contributed by atoms with Crippen molar-refractivity contribution in [1.29, 1.82) is 0 Å². The number of anilines is 1. The molecule has 0 aliphatic rings. The molecule has 1 heterocycles. The first-order valence-corrected chi connectivity index (χ1v) is 12.3. The third-order valence-electron chi connectivity index (χ3n) is 6.36. The lowest BCUT2D eigenvalue weighted by Gasteiger charge is -2.33. The van der Waals surface area contributed by atoms with Crippen LogP contribution in [0.3, 0.4) is 0 Å². The number of nitrogens with one attached hydrogen (secondary N) is 1. The summed E-state index contributed by atoms with van der Waals surface area (Å²) in [5, 5.41) is 8.06. The molecule has 4 heteroatoms. The number of hydrogen-bond acceptors (Lipinski definition) is 3. The van der Waals surface area contributed by atoms with Gasteiger partial charge in [-0.15, -0.1) is 11.3 Å². The van der Waals surface area contributed by atoms with Crippen molar-refractivity contribution in [3.05, 3.63) is 120 Å². The van der Waals surface area contributed by atoms with Gasteiger partial charge in [0, 0.05) is 16.9 Å². The molecular formula is C30H26N2OS. The molecule has 0 unspecified atom stereocenters. The van der Waals surface area contributed by atoms with Crippen LogP contribution >= 0.6 is 11.3 Å². The molecule has 0 aliphatic carbocycles. The summed E-state index contributed by atoms with van der Waals surface area (Å²) in [7, 11) is 0. The molecule has 0 aliphatic heterocycles. The lowest BCUT2D eigenvalue weighted by molar-refractivity contribution is -0.124. The fraction of sp³-hybridized carbons (Fsp3) is 0.133. The van der Waals surface area contributed by atoms with E-state index in [2.05, 4.69) is 53.8 Å². The van der Waals surface area contributed by atoms with Crippen molar-refractivity contribution in [2.45, 2.75) is 19.8 Å². The van der Waals surface area contributed by atoms with Gasteiger partial charge in [-0.1, -0.05) is 117 Å². The van der Waals surface area contributed by atoms with E-state index in [1.54, 1.807) is 0 Å². The van der Waals surface area contributed by atoms with Crippen molar-refractivity contribution < 1.29 is 4.79 Å². The van der Waals surface area contributed by atoms with Crippen LogP contribution in [0.4, 0.5) is 5.13 Å². The molecule has 0 saturated heterocycles. The number of fused-ring (bicyclic) bond motifs is 1. The van der Waals surface area contributed by atoms with E-state index in [0.717, 1.165) is 27.8 Å². The Morgan fingerprint density at radius 1 is 0.794 bits per heavy atom. The van der Waals surface area contributed by atoms with E-state index in [-0.39, 0.29) is 11.8 Å². The number of nitrogens with zero attached hydrogens (tertiary/aromatic N) is 1. The number of thiazole rings is 1. The molecule has 4 aromatic carbocycles. The summed E-state index contributed by atoms with van der Waals surface area (Å²) < 4.78 is 0. The highest BCUT2D eigenvalue weighted by molar-refractivity contribution is 7.14. The monoisotopic (exact) mass is 462 g/mol. The predicted molar refractivity (Wildman–Crippen MR) is 142 cm³/mol. The molecule has 3 nitrogen and oxygen atoms in total. The molecule has 5 rings (SSSR count). The van der Waals surface area contributed by atoms with Crippen molar-refractivity contribution in [1.82, 2.24) is 4.98 Å². The minimum Gasteiger partial charge on any atom is -0.301 e. The van der Waals surface area contributed by atoms with Gasteiger partial charge in [-0.25, -0.2) is 4.98 Å². The molecule has 0 atom stereocenters. The fourth-order valence-electron chi connectivity index (χ4n) is 4.61. The van der Waals surface area contributed by atoms with Crippen LogP contribution in [-0.4, -0.2) is 10.9 Å². The molecule has 168 valence electrons. The Morgan fingerprint density at radius 3 is 2.06 bits per heavy atom. The van der Waals surface area contributed by atoms with Gasteiger partial charge < -0.3 is 5.32 Å². The summed E-state index contributed by atoms with van der Waals surface area (Å²) in [6.45, 7) is 4.01. The van der Waals surface area contributed by atoms with Gasteiger partial charge in [0.25, 0.3) is 0 Å². The van der Waals surface area contributed by atoms with Gasteiger partial charge in [0.1, 0.15) is 0 Å². The van der Waals surface area contributed by atoms with E-state index in [9.17, 15) is 4.79 Å². The van der Waals surface area contributed by atoms with Crippen LogP contribution in [0.25, 0.3) is 22.0 Å². The molecule has 0 bridgehead atoms. The minimum absolute atomic E-state index is 0.0518. The zero-order chi connectivity index (χ0) is 23.5. The number of carbonyl (C=O) groups excluding carboxylic acids is 1. The minimum atomic E-state index is -0.700. The van der Waals surface area contributed by atoms with Gasteiger partial charge in [-0.2, -0.15) is 0 Å². The van der Waals surface area contributed by atoms with Crippen LogP contribution in [0.2, 0.25) is 0 Å². The molecule has 0 spiro atoms. The topological polar surface area (TPSA) is 42.0 Å². The van der Waals surface area contributed by atoms with E-state index in [1.807, 2.05) is 73.8 Å². The van der Waals surface area contributed by atoms with Gasteiger partial charge in [0.15, 0.2) is 5.13 Å². The first kappa shape index (κ1) is 22.1. The summed E-state index contributed by atoms with van der Waals surface area (Å²) in [5.74, 6) is -0.142. The van der Waals surface area contributed by atoms with Crippen molar-refractivity contribution >= 4 is 33.1 Å². The second-order valence-electron chi connectivity index (χ2n) is 8.99. The van der Waals surface area contributed by atoms with Crippen molar-refractivity contribution in [2.24, 2.45) is 5.41 Å². The Morgan fingerprint density at radius 2 is 1.38 bits per heavy atom. The van der Waals surface area contributed by atoms with Gasteiger partial charge >= 0.3 is 0 Å². The highest BCUT2D eigenvalue weighted by atomic mass is 32.1. The van der Waals surface area contributed by atoms with E-state index in [0.29, 0.717) is 5.13 Å². The van der Waals surface area contributed by atoms with Gasteiger partial charge in [0.2, 0.25) is 5.91 Å². The van der Waals surface area contributed by atoms with Gasteiger partial charge in [-0.05, 0) is 21.9 Å². The van der Waals surface area contributed by atoms with Crippen molar-refractivity contribution in [2.75, 3.05) is 5.32 Å². The second kappa shape index (κ2) is 9.24. The number of benzene rings is 4. The summed E-state index contributed by atoms with van der Waals surface area (Å²) in [6, 6.07) is 35.0. The highest BCUT2D eigenvalue weighted by Crippen LogP contribution is 2.42. The van der Waals surface area contributed by atoms with Crippen LogP contribution in [-0.2, 0) is 4.79 Å². The molecule has 0 saturated carbocycles. The van der Waals surface area contributed by atoms with Crippen LogP contribution in [0.15, 0.2) is 109 Å². The standard InChI is InChI=1S/C30H26N2OS/c1-30(2,27(22-13-5-3-6-14-22)23-15-7-4-8-16-23)28(33)32-29-31-26(20-34-29)25-19-11-17-21-12-9-10-18-24(21)25/h3-20,27H,1-2H3,(H,31,32,33). The second-order valence-corrected chi connectivity index (χ2v) is 9.85. The van der Waals surface area contributed by atoms with Gasteiger partial charge in [0.05, 0.1) is 11.1 Å². The maximum absolute atomic E-state index is 13.6. The molecule has 1 amide bonds. The van der Waals surface area contributed by atoms with E-state index < -0.39 is 5.41 Å². The number of carbonyl (C=O) groups is 1. The van der Waals surface area contributed by atoms with E-state index in [1.165, 1.54) is 16.7 Å². The SMILES string of the molecule is CC(C)(C(=O)Nc1nc(-c2cccc3ccccc23)cs1)C(c1ccccc1)c1ccccc1. The number of rotatable bonds is 6. The van der Waals surface area contributed by atoms with Crippen molar-refractivity contribution in [3.63, 3.8) is 0 Å². The fourth-order valence-corrected chi connectivity index (χ4v) is 5.32. The largest absolute Gasteiger partial charge is 0.301 e. The first-order valence-electron chi connectivity index (χ1n) is 11.4. The number of aromatic nitrogens is 1. The predicted octanol–water partition coefficient (Wildman–Crippen LogP) is 7.76. The molecule has 5 aromatic rings. The lowest BCUT2D eigenvalue weighted by atomic mass is 9.70. The van der Waals surface area contributed by atoms with E-state index in [4.69, 9.17) is 4.98 Å². The Bertz CT molecular complexity index is 1380. The van der Waals surface area contributed by atoms with Crippen LogP contribution in [0, 0.1) is 5.41 Å². The molecule has 34 heavy (non-hydrogen) atoms. The maximum Gasteiger partial charge on any atom is 0.232 e. The highest BCUT2D eigenvalue weighted by Gasteiger charge is 2.39. The average Bonchev–Trinajstić information content (AvgIpc) is 3.33. The Kier molecular flexibility index (Phi) is 5.99. The lowest BCUT2D eigenvalue weighted by Crippen LogP contribution is -2.37. The van der Waals surface area contributed by atoms with Crippen LogP contribution < -0.4 is 5.32 Å². The number of hydrogen-bond donors (Lipinski definition) is 1. The smallest absolute Gasteiger partial charge is 0.232 e. The quantitative estimate of drug-likeness (QED) is 0.280. The third-order valence-corrected chi connectivity index (χ3v) is 7.12. The third kappa shape index (κ3) is 4.25. The number of amides is 1. The van der Waals surface area contributed by atoms with Crippen LogP contribution in [0.5, 0.6) is 0 Å². The summed E-state index contributed by atoms with van der Waals surface area (Å²) >= 11 is 1.46. The summed E-state index contributed by atoms with van der Waals surface area (Å²) in [6.07, 6.45) is 0. The van der Waals surface area contributed by atoms with Crippen molar-refractivity contribution in [3.8, 4) is 11.3 Å². The van der Waals surface area contributed by atoms with E-state index >= 15 is 0 Å². The molecule has 1 aromatic heterocycles. The zero-order valence-corrected chi connectivity index (χ0v) is 20.0. The average molecular weight is 463 g/mol. The Balaban J connectivity index is 1.45. The van der Waals surface area contributed by atoms with Gasteiger partial charge in [-0.3, -0.25) is 4.79 Å². The Hall–Kier alpha value is -3.76. The van der Waals surface area contributed by atoms with Crippen LogP contribution in [0.1, 0.15) is 30.9 Å². The molecule has 1 N–H and O–H groups in total. The summed E-state index contributed by atoms with van der Waals surface area (Å²) in [4.78, 5) is 18.4. The first-order chi connectivity index (χ1) is 16.5. The zero-order valence-electron chi connectivity index (χ0n) is 19.2. The normalized spacial score (nSPS) is 11.6. The molecular weight excluding hydrogens is 436 g/mol. The Labute approximate surface area is 204 Å². The molecule has 0 radical (unpaired) electrons. The maximum atomic E-state index is 13.6. The molecule has 0 fully saturated rings.